The minimum atomic E-state index is -0.351. The Balaban J connectivity index is 2.11. The number of β-lactam (4-membered cyclic amide) rings is 1. The van der Waals surface area contributed by atoms with Crippen LogP contribution in [0.4, 0.5) is 0 Å². The van der Waals surface area contributed by atoms with Crippen LogP contribution >= 0.6 is 0 Å². The van der Waals surface area contributed by atoms with E-state index in [2.05, 4.69) is 6.58 Å². The Morgan fingerprint density at radius 1 is 1.41 bits per heavy atom. The maximum Gasteiger partial charge on any atom is 0.255 e. The Kier molecular flexibility index (Phi) is 3.29. The number of rotatable bonds is 4. The number of benzene rings is 1. The monoisotopic (exact) mass is 231 g/mol. The molecule has 3 nitrogen and oxygen atoms in total. The van der Waals surface area contributed by atoms with Crippen LogP contribution in [0, 0.1) is 0 Å². The van der Waals surface area contributed by atoms with Gasteiger partial charge in [0.05, 0.1) is 6.04 Å². The molecule has 1 aromatic carbocycles. The van der Waals surface area contributed by atoms with Crippen molar-refractivity contribution in [1.82, 2.24) is 4.90 Å². The summed E-state index contributed by atoms with van der Waals surface area (Å²) in [7, 11) is 1.57. The first-order chi connectivity index (χ1) is 8.15. The van der Waals surface area contributed by atoms with Gasteiger partial charge in [-0.3, -0.25) is 4.79 Å². The summed E-state index contributed by atoms with van der Waals surface area (Å²) in [6.45, 7) is 6.48. The van der Waals surface area contributed by atoms with Gasteiger partial charge in [-0.1, -0.05) is 42.5 Å². The second-order valence-electron chi connectivity index (χ2n) is 4.40. The van der Waals surface area contributed by atoms with Gasteiger partial charge < -0.3 is 9.64 Å². The lowest BCUT2D eigenvalue weighted by Gasteiger charge is -2.46. The Labute approximate surface area is 102 Å². The Hall–Kier alpha value is -1.61. The number of carbonyl (C=O) groups excluding carboxylic acids is 1. The van der Waals surface area contributed by atoms with Crippen LogP contribution < -0.4 is 0 Å². The van der Waals surface area contributed by atoms with Crippen molar-refractivity contribution >= 4 is 5.91 Å². The SMILES string of the molecule is C=C(C)[C@@H]1[C@H](OC)C(=O)N1Cc1ccccc1. The maximum atomic E-state index is 11.9. The molecule has 17 heavy (non-hydrogen) atoms. The molecule has 0 radical (unpaired) electrons. The second-order valence-corrected chi connectivity index (χ2v) is 4.40. The number of nitrogens with zero attached hydrogens (tertiary/aromatic N) is 1. The highest BCUT2D eigenvalue weighted by molar-refractivity contribution is 5.89. The van der Waals surface area contributed by atoms with Crippen LogP contribution in [0.5, 0.6) is 0 Å². The number of carbonyl (C=O) groups is 1. The first-order valence-corrected chi connectivity index (χ1v) is 5.67. The van der Waals surface area contributed by atoms with Gasteiger partial charge in [-0.25, -0.2) is 0 Å². The van der Waals surface area contributed by atoms with Crippen molar-refractivity contribution in [2.45, 2.75) is 25.6 Å². The maximum absolute atomic E-state index is 11.9. The van der Waals surface area contributed by atoms with E-state index in [-0.39, 0.29) is 18.1 Å². The quantitative estimate of drug-likeness (QED) is 0.586. The third-order valence-electron chi connectivity index (χ3n) is 3.10. The summed E-state index contributed by atoms with van der Waals surface area (Å²) in [5.74, 6) is 0.0457. The molecule has 1 amide bonds. The molecule has 1 fully saturated rings. The van der Waals surface area contributed by atoms with E-state index in [1.165, 1.54) is 0 Å². The molecule has 0 aliphatic carbocycles. The Morgan fingerprint density at radius 3 is 2.59 bits per heavy atom. The van der Waals surface area contributed by atoms with Gasteiger partial charge in [0.2, 0.25) is 0 Å². The fourth-order valence-electron chi connectivity index (χ4n) is 2.23. The molecular formula is C14H17NO2. The highest BCUT2D eigenvalue weighted by Gasteiger charge is 2.47. The summed E-state index contributed by atoms with van der Waals surface area (Å²) in [6, 6.07) is 9.96. The van der Waals surface area contributed by atoms with Crippen LogP contribution in [0.15, 0.2) is 42.5 Å². The topological polar surface area (TPSA) is 29.5 Å². The molecule has 1 aliphatic heterocycles. The Bertz CT molecular complexity index is 427. The van der Waals surface area contributed by atoms with Crippen molar-refractivity contribution < 1.29 is 9.53 Å². The van der Waals surface area contributed by atoms with E-state index < -0.39 is 0 Å². The number of hydrogen-bond acceptors (Lipinski definition) is 2. The van der Waals surface area contributed by atoms with Gasteiger partial charge in [-0.2, -0.15) is 0 Å². The lowest BCUT2D eigenvalue weighted by molar-refractivity contribution is -0.168. The van der Waals surface area contributed by atoms with Gasteiger partial charge >= 0.3 is 0 Å². The van der Waals surface area contributed by atoms with Gasteiger partial charge in [-0.15, -0.1) is 0 Å². The summed E-state index contributed by atoms with van der Waals surface area (Å²) in [5.41, 5.74) is 2.09. The van der Waals surface area contributed by atoms with Crippen LogP contribution in [0.25, 0.3) is 0 Å². The van der Waals surface area contributed by atoms with Gasteiger partial charge in [0, 0.05) is 13.7 Å². The first kappa shape index (κ1) is 11.9. The fourth-order valence-corrected chi connectivity index (χ4v) is 2.23. The lowest BCUT2D eigenvalue weighted by atomic mass is 9.91. The van der Waals surface area contributed by atoms with Crippen LogP contribution in [-0.4, -0.2) is 30.1 Å². The number of likely N-dealkylation sites (tertiary alicyclic amines) is 1. The molecular weight excluding hydrogens is 214 g/mol. The van der Waals surface area contributed by atoms with Crippen molar-refractivity contribution in [1.29, 1.82) is 0 Å². The van der Waals surface area contributed by atoms with E-state index in [9.17, 15) is 4.79 Å². The van der Waals surface area contributed by atoms with E-state index >= 15 is 0 Å². The molecule has 2 atom stereocenters. The highest BCUT2D eigenvalue weighted by Crippen LogP contribution is 2.29. The third kappa shape index (κ3) is 2.11. The lowest BCUT2D eigenvalue weighted by Crippen LogP contribution is -2.65. The van der Waals surface area contributed by atoms with Crippen molar-refractivity contribution in [3.63, 3.8) is 0 Å². The van der Waals surface area contributed by atoms with E-state index in [0.29, 0.717) is 6.54 Å². The van der Waals surface area contributed by atoms with Crippen LogP contribution in [0.2, 0.25) is 0 Å². The van der Waals surface area contributed by atoms with Crippen molar-refractivity contribution in [3.05, 3.63) is 48.0 Å². The fraction of sp³-hybridized carbons (Fsp3) is 0.357. The summed E-state index contributed by atoms with van der Waals surface area (Å²) in [5, 5.41) is 0. The minimum Gasteiger partial charge on any atom is -0.369 e. The molecule has 1 aliphatic rings. The molecule has 3 heteroatoms. The standard InChI is InChI=1S/C14H17NO2/c1-10(2)12-13(17-3)14(16)15(12)9-11-7-5-4-6-8-11/h4-8,12-13H,1,9H2,2-3H3/t12-,13+/m1/s1. The molecule has 90 valence electrons. The van der Waals surface area contributed by atoms with Crippen molar-refractivity contribution in [2.24, 2.45) is 0 Å². The van der Waals surface area contributed by atoms with Crippen LogP contribution in [0.3, 0.4) is 0 Å². The van der Waals surface area contributed by atoms with Gasteiger partial charge in [0.1, 0.15) is 0 Å². The largest absolute Gasteiger partial charge is 0.369 e. The molecule has 1 heterocycles. The van der Waals surface area contributed by atoms with Crippen LogP contribution in [0.1, 0.15) is 12.5 Å². The zero-order valence-electron chi connectivity index (χ0n) is 10.2. The van der Waals surface area contributed by atoms with Gasteiger partial charge in [0.25, 0.3) is 5.91 Å². The molecule has 0 N–H and O–H groups in total. The predicted molar refractivity (Wildman–Crippen MR) is 66.4 cm³/mol. The zero-order chi connectivity index (χ0) is 12.4. The summed E-state index contributed by atoms with van der Waals surface area (Å²) >= 11 is 0. The van der Waals surface area contributed by atoms with Crippen LogP contribution in [-0.2, 0) is 16.1 Å². The zero-order valence-corrected chi connectivity index (χ0v) is 10.2. The van der Waals surface area contributed by atoms with Gasteiger partial charge in [0.15, 0.2) is 6.10 Å². The molecule has 0 spiro atoms. The van der Waals surface area contributed by atoms with Gasteiger partial charge in [-0.05, 0) is 12.5 Å². The van der Waals surface area contributed by atoms with E-state index in [1.807, 2.05) is 42.2 Å². The van der Waals surface area contributed by atoms with Crippen molar-refractivity contribution in [3.8, 4) is 0 Å². The average molecular weight is 231 g/mol. The highest BCUT2D eigenvalue weighted by atomic mass is 16.5. The normalized spacial score (nSPS) is 23.4. The smallest absolute Gasteiger partial charge is 0.255 e. The molecule has 0 saturated carbocycles. The van der Waals surface area contributed by atoms with E-state index in [1.54, 1.807) is 7.11 Å². The number of hydrogen-bond donors (Lipinski definition) is 0. The predicted octanol–water partition coefficient (Wildman–Crippen LogP) is 1.99. The van der Waals surface area contributed by atoms with Crippen molar-refractivity contribution in [2.75, 3.05) is 7.11 Å². The molecule has 0 aromatic heterocycles. The molecule has 0 unspecified atom stereocenters. The minimum absolute atomic E-state index is 0.00714. The second kappa shape index (κ2) is 4.72. The Morgan fingerprint density at radius 2 is 2.06 bits per heavy atom. The molecule has 2 rings (SSSR count). The molecule has 1 aromatic rings. The van der Waals surface area contributed by atoms with E-state index in [0.717, 1.165) is 11.1 Å². The average Bonchev–Trinajstić information content (AvgIpc) is 2.33. The molecule has 1 saturated heterocycles. The summed E-state index contributed by atoms with van der Waals surface area (Å²) in [4.78, 5) is 13.7. The number of amides is 1. The molecule has 0 bridgehead atoms. The van der Waals surface area contributed by atoms with E-state index in [4.69, 9.17) is 4.74 Å². The summed E-state index contributed by atoms with van der Waals surface area (Å²) in [6.07, 6.45) is -0.351. The number of methoxy groups -OCH3 is 1. The first-order valence-electron chi connectivity index (χ1n) is 5.67. The summed E-state index contributed by atoms with van der Waals surface area (Å²) < 4.78 is 5.19. The number of ether oxygens (including phenoxy) is 1. The third-order valence-corrected chi connectivity index (χ3v) is 3.10.